The number of nitrogens with one attached hydrogen (secondary N) is 1. The molecular weight excluding hydrogens is 258 g/mol. The van der Waals surface area contributed by atoms with Crippen LogP contribution in [0.1, 0.15) is 23.1 Å². The Morgan fingerprint density at radius 2 is 2.10 bits per heavy atom. The highest BCUT2D eigenvalue weighted by atomic mass is 16.5. The van der Waals surface area contributed by atoms with E-state index in [1.54, 1.807) is 0 Å². The van der Waals surface area contributed by atoms with Gasteiger partial charge in [-0.15, -0.1) is 0 Å². The lowest BCUT2D eigenvalue weighted by molar-refractivity contribution is -0.146. The highest BCUT2D eigenvalue weighted by Crippen LogP contribution is 2.22. The number of carbonyl (C=O) groups excluding carboxylic acids is 2. The molecule has 1 aromatic rings. The number of methoxy groups -OCH3 is 1. The zero-order chi connectivity index (χ0) is 14.5. The minimum Gasteiger partial charge on any atom is -0.467 e. The van der Waals surface area contributed by atoms with Crippen LogP contribution in [0.3, 0.4) is 0 Å². The van der Waals surface area contributed by atoms with Crippen LogP contribution in [-0.2, 0) is 33.6 Å². The Morgan fingerprint density at radius 3 is 2.80 bits per heavy atom. The molecule has 1 aliphatic carbocycles. The van der Waals surface area contributed by atoms with Gasteiger partial charge in [0.1, 0.15) is 0 Å². The molecule has 0 saturated carbocycles. The van der Waals surface area contributed by atoms with Crippen LogP contribution >= 0.6 is 0 Å². The van der Waals surface area contributed by atoms with Crippen molar-refractivity contribution >= 4 is 11.9 Å². The van der Waals surface area contributed by atoms with E-state index in [9.17, 15) is 9.59 Å². The maximum Gasteiger partial charge on any atom is 0.330 e. The predicted molar refractivity (Wildman–Crippen MR) is 73.2 cm³/mol. The molecule has 20 heavy (non-hydrogen) atoms. The maximum atomic E-state index is 11.9. The van der Waals surface area contributed by atoms with Gasteiger partial charge >= 0.3 is 5.97 Å². The molecule has 0 aliphatic heterocycles. The minimum atomic E-state index is -0.998. The Balaban J connectivity index is 1.96. The maximum absolute atomic E-state index is 11.9. The van der Waals surface area contributed by atoms with Crippen LogP contribution in [0.15, 0.2) is 18.2 Å². The van der Waals surface area contributed by atoms with Crippen LogP contribution in [0.25, 0.3) is 0 Å². The first-order valence-electron chi connectivity index (χ1n) is 6.72. The lowest BCUT2D eigenvalue weighted by Crippen LogP contribution is -2.44. The van der Waals surface area contributed by atoms with Crippen molar-refractivity contribution in [2.75, 3.05) is 13.7 Å². The van der Waals surface area contributed by atoms with Gasteiger partial charge in [0.2, 0.25) is 5.91 Å². The number of aliphatic hydroxyl groups is 1. The second-order valence-corrected chi connectivity index (χ2v) is 4.96. The summed E-state index contributed by atoms with van der Waals surface area (Å²) in [7, 11) is 1.22. The van der Waals surface area contributed by atoms with Crippen LogP contribution < -0.4 is 5.32 Å². The Hall–Kier alpha value is -1.88. The van der Waals surface area contributed by atoms with Crippen molar-refractivity contribution in [1.82, 2.24) is 5.32 Å². The van der Waals surface area contributed by atoms with E-state index in [1.165, 1.54) is 24.7 Å². The summed E-state index contributed by atoms with van der Waals surface area (Å²) in [5.74, 6) is -0.942. The molecule has 5 nitrogen and oxygen atoms in total. The van der Waals surface area contributed by atoms with Gasteiger partial charge in [0.05, 0.1) is 20.1 Å². The van der Waals surface area contributed by atoms with E-state index in [0.717, 1.165) is 18.4 Å². The molecule has 2 rings (SSSR count). The zero-order valence-electron chi connectivity index (χ0n) is 11.5. The van der Waals surface area contributed by atoms with Crippen molar-refractivity contribution in [3.63, 3.8) is 0 Å². The Bertz CT molecular complexity index is 513. The molecule has 0 bridgehead atoms. The SMILES string of the molecule is COC(=O)C(CO)NC(=O)Cc1ccc2c(c1)CCC2. The van der Waals surface area contributed by atoms with Crippen LogP contribution in [0.4, 0.5) is 0 Å². The number of fused-ring (bicyclic) bond motifs is 1. The van der Waals surface area contributed by atoms with Crippen LogP contribution in [0.5, 0.6) is 0 Å². The molecule has 108 valence electrons. The second kappa shape index (κ2) is 6.52. The highest BCUT2D eigenvalue weighted by Gasteiger charge is 2.20. The Kier molecular flexibility index (Phi) is 4.74. The van der Waals surface area contributed by atoms with Gasteiger partial charge in [-0.05, 0) is 36.0 Å². The summed E-state index contributed by atoms with van der Waals surface area (Å²) in [5.41, 5.74) is 3.59. The number of esters is 1. The number of rotatable bonds is 5. The van der Waals surface area contributed by atoms with E-state index in [-0.39, 0.29) is 12.3 Å². The van der Waals surface area contributed by atoms with E-state index < -0.39 is 18.6 Å². The number of hydrogen-bond acceptors (Lipinski definition) is 4. The summed E-state index contributed by atoms with van der Waals surface area (Å²) in [4.78, 5) is 23.2. The number of aliphatic hydroxyl groups excluding tert-OH is 1. The number of aryl methyl sites for hydroxylation is 2. The van der Waals surface area contributed by atoms with Gasteiger partial charge < -0.3 is 15.2 Å². The number of ether oxygens (including phenoxy) is 1. The largest absolute Gasteiger partial charge is 0.467 e. The number of hydrogen-bond donors (Lipinski definition) is 2. The zero-order valence-corrected chi connectivity index (χ0v) is 11.5. The molecular formula is C15H19NO4. The van der Waals surface area contributed by atoms with Crippen molar-refractivity contribution < 1.29 is 19.4 Å². The standard InChI is InChI=1S/C15H19NO4/c1-20-15(19)13(9-17)16-14(18)8-10-5-6-11-3-2-4-12(11)7-10/h5-7,13,17H,2-4,8-9H2,1H3,(H,16,18). The molecule has 0 fully saturated rings. The summed E-state index contributed by atoms with van der Waals surface area (Å²) in [5, 5.41) is 11.5. The summed E-state index contributed by atoms with van der Waals surface area (Å²) < 4.78 is 4.50. The van der Waals surface area contributed by atoms with Crippen LogP contribution in [0.2, 0.25) is 0 Å². The third kappa shape index (κ3) is 3.36. The number of amides is 1. The lowest BCUT2D eigenvalue weighted by atomic mass is 10.0. The molecule has 1 atom stereocenters. The van der Waals surface area contributed by atoms with Crippen molar-refractivity contribution in [2.24, 2.45) is 0 Å². The van der Waals surface area contributed by atoms with Crippen molar-refractivity contribution in [2.45, 2.75) is 31.7 Å². The average molecular weight is 277 g/mol. The van der Waals surface area contributed by atoms with E-state index in [0.29, 0.717) is 0 Å². The van der Waals surface area contributed by atoms with E-state index in [2.05, 4.69) is 16.1 Å². The van der Waals surface area contributed by atoms with Gasteiger partial charge in [-0.3, -0.25) is 4.79 Å². The normalized spacial score (nSPS) is 14.5. The van der Waals surface area contributed by atoms with Gasteiger partial charge in [0.25, 0.3) is 0 Å². The monoisotopic (exact) mass is 277 g/mol. The van der Waals surface area contributed by atoms with Crippen molar-refractivity contribution in [3.8, 4) is 0 Å². The first-order chi connectivity index (χ1) is 9.63. The quantitative estimate of drug-likeness (QED) is 0.762. The van der Waals surface area contributed by atoms with Crippen LogP contribution in [0, 0.1) is 0 Å². The molecule has 2 N–H and O–H groups in total. The molecule has 1 amide bonds. The summed E-state index contributed by atoms with van der Waals surface area (Å²) in [6.07, 6.45) is 3.53. The van der Waals surface area contributed by atoms with Gasteiger partial charge in [0.15, 0.2) is 6.04 Å². The van der Waals surface area contributed by atoms with Gasteiger partial charge in [-0.1, -0.05) is 18.2 Å². The molecule has 0 radical (unpaired) electrons. The fourth-order valence-corrected chi connectivity index (χ4v) is 2.49. The summed E-state index contributed by atoms with van der Waals surface area (Å²) in [6, 6.07) is 5.06. The molecule has 1 unspecified atom stereocenters. The fraction of sp³-hybridized carbons (Fsp3) is 0.467. The smallest absolute Gasteiger partial charge is 0.330 e. The molecule has 0 heterocycles. The fourth-order valence-electron chi connectivity index (χ4n) is 2.49. The van der Waals surface area contributed by atoms with Gasteiger partial charge in [0, 0.05) is 0 Å². The van der Waals surface area contributed by atoms with Crippen molar-refractivity contribution in [3.05, 3.63) is 34.9 Å². The number of carbonyl (C=O) groups is 2. The van der Waals surface area contributed by atoms with E-state index in [1.807, 2.05) is 12.1 Å². The Labute approximate surface area is 117 Å². The summed E-state index contributed by atoms with van der Waals surface area (Å²) in [6.45, 7) is -0.470. The average Bonchev–Trinajstić information content (AvgIpc) is 2.91. The highest BCUT2D eigenvalue weighted by molar-refractivity contribution is 5.85. The third-order valence-corrected chi connectivity index (χ3v) is 3.53. The van der Waals surface area contributed by atoms with Gasteiger partial charge in [-0.2, -0.15) is 0 Å². The first-order valence-corrected chi connectivity index (χ1v) is 6.72. The molecule has 0 aromatic heterocycles. The minimum absolute atomic E-state index is 0.195. The van der Waals surface area contributed by atoms with E-state index in [4.69, 9.17) is 5.11 Å². The van der Waals surface area contributed by atoms with Gasteiger partial charge in [-0.25, -0.2) is 4.79 Å². The molecule has 1 aromatic carbocycles. The molecule has 1 aliphatic rings. The molecule has 0 saturated heterocycles. The molecule has 0 spiro atoms. The Morgan fingerprint density at radius 1 is 1.35 bits per heavy atom. The number of benzene rings is 1. The lowest BCUT2D eigenvalue weighted by Gasteiger charge is -2.14. The van der Waals surface area contributed by atoms with Crippen molar-refractivity contribution in [1.29, 1.82) is 0 Å². The summed E-state index contributed by atoms with van der Waals surface area (Å²) >= 11 is 0. The first kappa shape index (κ1) is 14.5. The predicted octanol–water partition coefficient (Wildman–Crippen LogP) is 0.368. The van der Waals surface area contributed by atoms with Crippen LogP contribution in [-0.4, -0.2) is 36.7 Å². The molecule has 5 heteroatoms. The third-order valence-electron chi connectivity index (χ3n) is 3.53. The topological polar surface area (TPSA) is 75.6 Å². The van der Waals surface area contributed by atoms with E-state index >= 15 is 0 Å². The second-order valence-electron chi connectivity index (χ2n) is 4.96.